The predicted molar refractivity (Wildman–Crippen MR) is 173 cm³/mol. The van der Waals surface area contributed by atoms with Gasteiger partial charge in [-0.05, 0) is 105 Å². The molecule has 0 aliphatic carbocycles. The summed E-state index contributed by atoms with van der Waals surface area (Å²) in [6, 6.07) is 28.8. The number of nitrogens with zero attached hydrogens (tertiary/aromatic N) is 4. The molecule has 216 valence electrons. The number of anilines is 2. The number of amides is 1. The quantitative estimate of drug-likeness (QED) is 0.203. The molecule has 1 fully saturated rings. The van der Waals surface area contributed by atoms with Crippen molar-refractivity contribution in [2.24, 2.45) is 0 Å². The Hall–Kier alpha value is -5.02. The molecule has 1 aliphatic rings. The molecule has 5 aromatic rings. The van der Waals surface area contributed by atoms with Gasteiger partial charge in [-0.3, -0.25) is 9.78 Å². The zero-order valence-corrected chi connectivity index (χ0v) is 25.0. The van der Waals surface area contributed by atoms with Gasteiger partial charge >= 0.3 is 0 Å². The Morgan fingerprint density at radius 3 is 2.40 bits per heavy atom. The Labute approximate surface area is 256 Å². The van der Waals surface area contributed by atoms with Crippen LogP contribution in [0.1, 0.15) is 40.3 Å². The maximum atomic E-state index is 12.5. The second-order valence-electron chi connectivity index (χ2n) is 10.5. The Balaban J connectivity index is 1.31. The number of hydrogen-bond donors (Lipinski definition) is 2. The van der Waals surface area contributed by atoms with Crippen LogP contribution >= 0.6 is 12.2 Å². The Morgan fingerprint density at radius 1 is 0.930 bits per heavy atom. The number of benzene rings is 2. The summed E-state index contributed by atoms with van der Waals surface area (Å²) < 4.78 is 7.78. The van der Waals surface area contributed by atoms with Crippen molar-refractivity contribution in [3.05, 3.63) is 132 Å². The molecule has 1 amide bonds. The van der Waals surface area contributed by atoms with Crippen molar-refractivity contribution in [2.45, 2.75) is 32.9 Å². The fraction of sp³-hybridized carbons (Fsp3) is 0.176. The fourth-order valence-corrected chi connectivity index (χ4v) is 5.99. The summed E-state index contributed by atoms with van der Waals surface area (Å²) in [7, 11) is 0. The first-order valence-corrected chi connectivity index (χ1v) is 14.5. The molecule has 2 atom stereocenters. The number of aromatic nitrogens is 3. The second kappa shape index (κ2) is 12.1. The van der Waals surface area contributed by atoms with E-state index in [4.69, 9.17) is 21.9 Å². The van der Waals surface area contributed by atoms with E-state index in [2.05, 4.69) is 58.0 Å². The summed E-state index contributed by atoms with van der Waals surface area (Å²) in [5.74, 6) is 1.32. The van der Waals surface area contributed by atoms with Crippen LogP contribution in [0.25, 0.3) is 5.82 Å². The number of ether oxygens (including phenoxy) is 1. The van der Waals surface area contributed by atoms with Crippen LogP contribution in [-0.4, -0.2) is 32.2 Å². The molecule has 2 N–H and O–H groups in total. The van der Waals surface area contributed by atoms with E-state index in [1.54, 1.807) is 6.20 Å². The van der Waals surface area contributed by atoms with Crippen molar-refractivity contribution in [3.8, 4) is 11.6 Å². The predicted octanol–water partition coefficient (Wildman–Crippen LogP) is 6.39. The first kappa shape index (κ1) is 28.1. The second-order valence-corrected chi connectivity index (χ2v) is 10.9. The highest BCUT2D eigenvalue weighted by Gasteiger charge is 2.42. The number of para-hydroxylation sites is 1. The van der Waals surface area contributed by atoms with E-state index < -0.39 is 0 Å². The van der Waals surface area contributed by atoms with E-state index in [-0.39, 0.29) is 24.6 Å². The maximum absolute atomic E-state index is 12.5. The number of thiocarbonyl (C=S) groups is 1. The molecule has 0 spiro atoms. The molecule has 1 saturated heterocycles. The minimum atomic E-state index is -0.236. The molecule has 4 heterocycles. The molecule has 43 heavy (non-hydrogen) atoms. The van der Waals surface area contributed by atoms with Gasteiger partial charge in [0, 0.05) is 35.2 Å². The number of carbonyl (C=O) groups excluding carboxylic acids is 1. The summed E-state index contributed by atoms with van der Waals surface area (Å²) in [5.41, 5.74) is 6.87. The highest BCUT2D eigenvalue weighted by molar-refractivity contribution is 7.80. The normalized spacial score (nSPS) is 16.2. The first-order chi connectivity index (χ1) is 20.9. The monoisotopic (exact) mass is 588 g/mol. The van der Waals surface area contributed by atoms with Crippen molar-refractivity contribution in [1.82, 2.24) is 19.9 Å². The number of nitrogens with one attached hydrogen (secondary N) is 2. The zero-order chi connectivity index (χ0) is 29.9. The van der Waals surface area contributed by atoms with Gasteiger partial charge < -0.3 is 24.8 Å². The molecule has 3 aromatic heterocycles. The van der Waals surface area contributed by atoms with Gasteiger partial charge in [-0.1, -0.05) is 30.3 Å². The molecule has 0 radical (unpaired) electrons. The number of pyridine rings is 2. The van der Waals surface area contributed by atoms with Crippen LogP contribution in [0.5, 0.6) is 5.75 Å². The van der Waals surface area contributed by atoms with Gasteiger partial charge in [-0.25, -0.2) is 4.98 Å². The highest BCUT2D eigenvalue weighted by atomic mass is 32.1. The largest absolute Gasteiger partial charge is 0.484 e. The molecule has 0 bridgehead atoms. The molecule has 0 saturated carbocycles. The lowest BCUT2D eigenvalue weighted by Gasteiger charge is -2.28. The van der Waals surface area contributed by atoms with Crippen LogP contribution in [0.15, 0.2) is 103 Å². The highest BCUT2D eigenvalue weighted by Crippen LogP contribution is 2.44. The number of aryl methyl sites for hydroxylation is 2. The van der Waals surface area contributed by atoms with Gasteiger partial charge in [0.2, 0.25) is 0 Å². The van der Waals surface area contributed by atoms with Crippen LogP contribution in [-0.2, 0) is 4.79 Å². The van der Waals surface area contributed by atoms with Gasteiger partial charge in [0.1, 0.15) is 11.6 Å². The van der Waals surface area contributed by atoms with Crippen molar-refractivity contribution in [1.29, 1.82) is 0 Å². The van der Waals surface area contributed by atoms with E-state index in [0.717, 1.165) is 39.7 Å². The molecule has 1 aliphatic heterocycles. The molecule has 0 unspecified atom stereocenters. The average Bonchev–Trinajstić information content (AvgIpc) is 3.52. The fourth-order valence-electron chi connectivity index (χ4n) is 5.64. The smallest absolute Gasteiger partial charge is 0.262 e. The lowest BCUT2D eigenvalue weighted by molar-refractivity contribution is -0.118. The third-order valence-corrected chi connectivity index (χ3v) is 7.94. The molecule has 9 heteroatoms. The van der Waals surface area contributed by atoms with E-state index in [9.17, 15) is 4.79 Å². The Kier molecular flexibility index (Phi) is 7.89. The van der Waals surface area contributed by atoms with Gasteiger partial charge in [0.05, 0.1) is 17.8 Å². The summed E-state index contributed by atoms with van der Waals surface area (Å²) in [6.07, 6.45) is 3.63. The average molecular weight is 589 g/mol. The van der Waals surface area contributed by atoms with Gasteiger partial charge in [-0.15, -0.1) is 0 Å². The van der Waals surface area contributed by atoms with Gasteiger partial charge in [-0.2, -0.15) is 0 Å². The maximum Gasteiger partial charge on any atom is 0.262 e. The SMILES string of the molecule is Cc1cccnc1-n1c(C)cc([C@H]2[C@H](c3ccccn3)NC(=S)N2c2ccc(NC(=O)COc3ccccc3)cc2)c1C. The van der Waals surface area contributed by atoms with Crippen LogP contribution in [0.3, 0.4) is 0 Å². The van der Waals surface area contributed by atoms with E-state index >= 15 is 0 Å². The standard InChI is InChI=1S/C34H32N6O2S/c1-22-10-9-19-36-33(22)39-23(2)20-28(24(39)3)32-31(29-13-7-8-18-35-29)38-34(43)40(32)26-16-14-25(15-17-26)37-30(41)21-42-27-11-5-4-6-12-27/h4-20,31-32H,21H2,1-3H3,(H,37,41)(H,38,43)/t31-,32-/m0/s1. The van der Waals surface area contributed by atoms with Crippen molar-refractivity contribution in [2.75, 3.05) is 16.8 Å². The van der Waals surface area contributed by atoms with Crippen LogP contribution in [0.2, 0.25) is 0 Å². The lowest BCUT2D eigenvalue weighted by atomic mass is 9.96. The molecular formula is C34H32N6O2S. The van der Waals surface area contributed by atoms with Crippen LogP contribution in [0, 0.1) is 20.8 Å². The minimum Gasteiger partial charge on any atom is -0.484 e. The van der Waals surface area contributed by atoms with Gasteiger partial charge in [0.25, 0.3) is 5.91 Å². The third kappa shape index (κ3) is 5.72. The summed E-state index contributed by atoms with van der Waals surface area (Å²) in [6.45, 7) is 6.22. The van der Waals surface area contributed by atoms with Crippen LogP contribution in [0.4, 0.5) is 11.4 Å². The molecule has 2 aromatic carbocycles. The molecule has 8 nitrogen and oxygen atoms in total. The molecule has 6 rings (SSSR count). The summed E-state index contributed by atoms with van der Waals surface area (Å²) in [5, 5.41) is 7.05. The lowest BCUT2D eigenvalue weighted by Crippen LogP contribution is -2.29. The third-order valence-electron chi connectivity index (χ3n) is 7.62. The first-order valence-electron chi connectivity index (χ1n) is 14.1. The van der Waals surface area contributed by atoms with Crippen molar-refractivity contribution in [3.63, 3.8) is 0 Å². The van der Waals surface area contributed by atoms with Crippen LogP contribution < -0.4 is 20.3 Å². The number of rotatable bonds is 8. The van der Waals surface area contributed by atoms with E-state index in [0.29, 0.717) is 16.5 Å². The van der Waals surface area contributed by atoms with Gasteiger partial charge in [0.15, 0.2) is 11.7 Å². The minimum absolute atomic E-state index is 0.0783. The van der Waals surface area contributed by atoms with E-state index in [1.165, 1.54) is 0 Å². The Bertz CT molecular complexity index is 1760. The Morgan fingerprint density at radius 2 is 1.67 bits per heavy atom. The van der Waals surface area contributed by atoms with Crippen molar-refractivity contribution >= 4 is 34.6 Å². The van der Waals surface area contributed by atoms with E-state index in [1.807, 2.05) is 85.1 Å². The zero-order valence-electron chi connectivity index (χ0n) is 24.2. The molecular weight excluding hydrogens is 556 g/mol. The summed E-state index contributed by atoms with van der Waals surface area (Å²) in [4.78, 5) is 24.1. The number of carbonyl (C=O) groups is 1. The van der Waals surface area contributed by atoms with Crippen molar-refractivity contribution < 1.29 is 9.53 Å². The topological polar surface area (TPSA) is 84.3 Å². The summed E-state index contributed by atoms with van der Waals surface area (Å²) >= 11 is 5.94. The number of hydrogen-bond acceptors (Lipinski definition) is 5.